The molecular weight excluding hydrogens is 384 g/mol. The van der Waals surface area contributed by atoms with Crippen molar-refractivity contribution in [3.05, 3.63) is 54.1 Å². The quantitative estimate of drug-likeness (QED) is 0.674. The number of nitrogens with zero attached hydrogens (tertiary/aromatic N) is 1. The lowest BCUT2D eigenvalue weighted by molar-refractivity contribution is -0.119. The van der Waals surface area contributed by atoms with E-state index < -0.39 is 28.5 Å². The molecule has 0 unspecified atom stereocenters. The molecule has 0 aliphatic rings. The Balaban J connectivity index is 1.94. The summed E-state index contributed by atoms with van der Waals surface area (Å²) in [6.07, 6.45) is 0. The second-order valence-electron chi connectivity index (χ2n) is 5.90. The number of ether oxygens (including phenoxy) is 2. The van der Waals surface area contributed by atoms with Gasteiger partial charge in [-0.05, 0) is 49.4 Å². The van der Waals surface area contributed by atoms with E-state index in [1.807, 2.05) is 6.92 Å². The molecule has 0 spiro atoms. The summed E-state index contributed by atoms with van der Waals surface area (Å²) < 4.78 is 35.6. The third-order valence-electron chi connectivity index (χ3n) is 3.63. The van der Waals surface area contributed by atoms with Gasteiger partial charge in [0.05, 0.1) is 17.1 Å². The number of sulfonamides is 1. The summed E-state index contributed by atoms with van der Waals surface area (Å²) in [6.45, 7) is 1.87. The molecule has 0 aliphatic heterocycles. The van der Waals surface area contributed by atoms with Crippen molar-refractivity contribution in [2.24, 2.45) is 0 Å². The van der Waals surface area contributed by atoms with Crippen molar-refractivity contribution in [3.63, 3.8) is 0 Å². The van der Waals surface area contributed by atoms with Crippen LogP contribution in [0.3, 0.4) is 0 Å². The molecule has 0 heterocycles. The fourth-order valence-corrected chi connectivity index (χ4v) is 3.16. The third-order valence-corrected chi connectivity index (χ3v) is 5.44. The molecule has 0 aliphatic carbocycles. The van der Waals surface area contributed by atoms with E-state index in [0.717, 1.165) is 4.31 Å². The Morgan fingerprint density at radius 2 is 1.75 bits per heavy atom. The molecule has 0 radical (unpaired) electrons. The number of rotatable bonds is 8. The Morgan fingerprint density at radius 1 is 1.07 bits per heavy atom. The summed E-state index contributed by atoms with van der Waals surface area (Å²) >= 11 is 0. The molecule has 1 amide bonds. The number of carbonyl (C=O) groups excluding carboxylic acids is 2. The van der Waals surface area contributed by atoms with Crippen molar-refractivity contribution in [2.75, 3.05) is 32.6 Å². The van der Waals surface area contributed by atoms with E-state index >= 15 is 0 Å². The molecule has 9 heteroatoms. The number of esters is 1. The number of hydrogen-bond donors (Lipinski definition) is 1. The van der Waals surface area contributed by atoms with Gasteiger partial charge in [0.15, 0.2) is 6.61 Å². The molecule has 2 aromatic rings. The average molecular weight is 406 g/mol. The van der Waals surface area contributed by atoms with Crippen LogP contribution < -0.4 is 10.1 Å². The summed E-state index contributed by atoms with van der Waals surface area (Å²) in [6, 6.07) is 12.2. The van der Waals surface area contributed by atoms with Crippen LogP contribution >= 0.6 is 0 Å². The van der Waals surface area contributed by atoms with E-state index in [9.17, 15) is 18.0 Å². The van der Waals surface area contributed by atoms with Crippen molar-refractivity contribution in [1.82, 2.24) is 4.31 Å². The maximum atomic E-state index is 12.1. The molecule has 0 fully saturated rings. The third kappa shape index (κ3) is 5.54. The second kappa shape index (κ2) is 9.34. The predicted octanol–water partition coefficient (Wildman–Crippen LogP) is 2.13. The summed E-state index contributed by atoms with van der Waals surface area (Å²) in [4.78, 5) is 24.1. The maximum Gasteiger partial charge on any atom is 0.338 e. The summed E-state index contributed by atoms with van der Waals surface area (Å²) in [5.74, 6) is -0.606. The van der Waals surface area contributed by atoms with Crippen LogP contribution in [0.1, 0.15) is 17.3 Å². The van der Waals surface area contributed by atoms with Crippen LogP contribution in [0.15, 0.2) is 53.4 Å². The first-order valence-electron chi connectivity index (χ1n) is 8.46. The fraction of sp³-hybridized carbons (Fsp3) is 0.263. The van der Waals surface area contributed by atoms with Gasteiger partial charge in [0.1, 0.15) is 5.75 Å². The topological polar surface area (TPSA) is 102 Å². The number of amides is 1. The summed E-state index contributed by atoms with van der Waals surface area (Å²) in [5.41, 5.74) is 0.570. The first kappa shape index (κ1) is 21.4. The number of benzene rings is 2. The fourth-order valence-electron chi connectivity index (χ4n) is 2.21. The SMILES string of the molecule is CCOc1ccc(C(=O)OCC(=O)Nc2cccc(S(=O)(=O)N(C)C)c2)cc1. The maximum absolute atomic E-state index is 12.1. The predicted molar refractivity (Wildman–Crippen MR) is 104 cm³/mol. The average Bonchev–Trinajstić information content (AvgIpc) is 2.67. The molecular formula is C19H22N2O6S. The Morgan fingerprint density at radius 3 is 2.36 bits per heavy atom. The van der Waals surface area contributed by atoms with Crippen molar-refractivity contribution in [1.29, 1.82) is 0 Å². The normalized spacial score (nSPS) is 11.1. The Bertz CT molecular complexity index is 939. The summed E-state index contributed by atoms with van der Waals surface area (Å²) in [7, 11) is -0.783. The lowest BCUT2D eigenvalue weighted by Gasteiger charge is -2.12. The van der Waals surface area contributed by atoms with Crippen LogP contribution in [-0.4, -0.2) is 51.9 Å². The Labute approximate surface area is 164 Å². The highest BCUT2D eigenvalue weighted by Crippen LogP contribution is 2.18. The van der Waals surface area contributed by atoms with Crippen LogP contribution in [0.25, 0.3) is 0 Å². The second-order valence-corrected chi connectivity index (χ2v) is 8.05. The first-order chi connectivity index (χ1) is 13.2. The zero-order valence-electron chi connectivity index (χ0n) is 15.8. The molecule has 0 bridgehead atoms. The molecule has 0 atom stereocenters. The van der Waals surface area contributed by atoms with Gasteiger partial charge in [-0.15, -0.1) is 0 Å². The van der Waals surface area contributed by atoms with Crippen molar-refractivity contribution >= 4 is 27.6 Å². The van der Waals surface area contributed by atoms with E-state index in [4.69, 9.17) is 9.47 Å². The van der Waals surface area contributed by atoms with Crippen LogP contribution in [0.2, 0.25) is 0 Å². The van der Waals surface area contributed by atoms with Crippen molar-refractivity contribution < 1.29 is 27.5 Å². The molecule has 0 saturated heterocycles. The minimum Gasteiger partial charge on any atom is -0.494 e. The van der Waals surface area contributed by atoms with E-state index in [1.165, 1.54) is 32.3 Å². The summed E-state index contributed by atoms with van der Waals surface area (Å²) in [5, 5.41) is 2.51. The van der Waals surface area contributed by atoms with E-state index in [1.54, 1.807) is 30.3 Å². The first-order valence-corrected chi connectivity index (χ1v) is 9.90. The number of nitrogens with one attached hydrogen (secondary N) is 1. The van der Waals surface area contributed by atoms with Gasteiger partial charge in [0.2, 0.25) is 10.0 Å². The molecule has 2 rings (SSSR count). The molecule has 8 nitrogen and oxygen atoms in total. The van der Waals surface area contributed by atoms with Gasteiger partial charge in [-0.25, -0.2) is 17.5 Å². The van der Waals surface area contributed by atoms with Crippen LogP contribution in [-0.2, 0) is 19.6 Å². The zero-order valence-corrected chi connectivity index (χ0v) is 16.7. The van der Waals surface area contributed by atoms with E-state index in [0.29, 0.717) is 12.4 Å². The van der Waals surface area contributed by atoms with Gasteiger partial charge < -0.3 is 14.8 Å². The van der Waals surface area contributed by atoms with E-state index in [2.05, 4.69) is 5.32 Å². The molecule has 1 N–H and O–H groups in total. The van der Waals surface area contributed by atoms with Crippen LogP contribution in [0.5, 0.6) is 5.75 Å². The highest BCUT2D eigenvalue weighted by molar-refractivity contribution is 7.89. The molecule has 0 aromatic heterocycles. The number of carbonyl (C=O) groups is 2. The van der Waals surface area contributed by atoms with Gasteiger partial charge in [-0.2, -0.15) is 0 Å². The van der Waals surface area contributed by atoms with Gasteiger partial charge in [-0.1, -0.05) is 6.07 Å². The number of hydrogen-bond acceptors (Lipinski definition) is 6. The molecule has 28 heavy (non-hydrogen) atoms. The highest BCUT2D eigenvalue weighted by Gasteiger charge is 2.18. The minimum absolute atomic E-state index is 0.0432. The standard InChI is InChI=1S/C19H22N2O6S/c1-4-26-16-10-8-14(9-11-16)19(23)27-13-18(22)20-15-6-5-7-17(12-15)28(24,25)21(2)3/h5-12H,4,13H2,1-3H3,(H,20,22). The van der Waals surface area contributed by atoms with Gasteiger partial charge in [-0.3, -0.25) is 4.79 Å². The highest BCUT2D eigenvalue weighted by atomic mass is 32.2. The lowest BCUT2D eigenvalue weighted by atomic mass is 10.2. The van der Waals surface area contributed by atoms with Gasteiger partial charge in [0.25, 0.3) is 5.91 Å². The van der Waals surface area contributed by atoms with E-state index in [-0.39, 0.29) is 16.1 Å². The smallest absolute Gasteiger partial charge is 0.338 e. The minimum atomic E-state index is -3.62. The molecule has 150 valence electrons. The Kier molecular flexibility index (Phi) is 7.13. The molecule has 0 saturated carbocycles. The largest absolute Gasteiger partial charge is 0.494 e. The van der Waals surface area contributed by atoms with Crippen LogP contribution in [0.4, 0.5) is 5.69 Å². The monoisotopic (exact) mass is 406 g/mol. The van der Waals surface area contributed by atoms with Gasteiger partial charge in [0, 0.05) is 19.8 Å². The lowest BCUT2D eigenvalue weighted by Crippen LogP contribution is -2.23. The van der Waals surface area contributed by atoms with Crippen molar-refractivity contribution in [2.45, 2.75) is 11.8 Å². The number of anilines is 1. The van der Waals surface area contributed by atoms with Crippen molar-refractivity contribution in [3.8, 4) is 5.75 Å². The zero-order chi connectivity index (χ0) is 20.7. The van der Waals surface area contributed by atoms with Crippen LogP contribution in [0, 0.1) is 0 Å². The Hall–Kier alpha value is -2.91. The van der Waals surface area contributed by atoms with Gasteiger partial charge >= 0.3 is 5.97 Å². The molecule has 2 aromatic carbocycles.